The van der Waals surface area contributed by atoms with Crippen LogP contribution in [0.5, 0.6) is 0 Å². The Balaban J connectivity index is 2.06. The number of hydrogen-bond acceptors (Lipinski definition) is 0. The van der Waals surface area contributed by atoms with Gasteiger partial charge in [0.05, 0.1) is 0 Å². The number of hydrogen-bond donors (Lipinski definition) is 0. The second-order valence-corrected chi connectivity index (χ2v) is 11.7. The van der Waals surface area contributed by atoms with Crippen molar-refractivity contribution < 1.29 is 0 Å². The van der Waals surface area contributed by atoms with Crippen LogP contribution in [0.2, 0.25) is 0 Å². The molecule has 142 valence electrons. The van der Waals surface area contributed by atoms with Gasteiger partial charge in [0.2, 0.25) is 0 Å². The highest BCUT2D eigenvalue weighted by Gasteiger charge is 2.57. The second kappa shape index (κ2) is 5.38. The van der Waals surface area contributed by atoms with E-state index in [1.165, 1.54) is 37.9 Å². The molecule has 4 aliphatic carbocycles. The van der Waals surface area contributed by atoms with Gasteiger partial charge in [-0.2, -0.15) is 0 Å². The minimum absolute atomic E-state index is 0.0329. The summed E-state index contributed by atoms with van der Waals surface area (Å²) >= 11 is 3.95. The summed E-state index contributed by atoms with van der Waals surface area (Å²) in [6.45, 7) is 18.7. The van der Waals surface area contributed by atoms with E-state index in [1.807, 2.05) is 0 Å². The molecule has 0 nitrogen and oxygen atoms in total. The third kappa shape index (κ3) is 2.40. The molecule has 0 radical (unpaired) electrons. The summed E-state index contributed by atoms with van der Waals surface area (Å²) in [7, 11) is 0. The van der Waals surface area contributed by atoms with Crippen molar-refractivity contribution in [1.29, 1.82) is 0 Å². The maximum Gasteiger partial charge on any atom is 0.0320 e. The summed E-state index contributed by atoms with van der Waals surface area (Å²) in [6.07, 6.45) is 16.8. The average molecular weight is 423 g/mol. The van der Waals surface area contributed by atoms with E-state index in [0.717, 1.165) is 0 Å². The molecule has 0 saturated carbocycles. The van der Waals surface area contributed by atoms with Gasteiger partial charge in [0.25, 0.3) is 0 Å². The van der Waals surface area contributed by atoms with Gasteiger partial charge >= 0.3 is 0 Å². The first-order chi connectivity index (χ1) is 12.3. The molecule has 0 aromatic rings. The predicted octanol–water partition coefficient (Wildman–Crippen LogP) is 7.98. The lowest BCUT2D eigenvalue weighted by molar-refractivity contribution is 0.245. The van der Waals surface area contributed by atoms with Crippen LogP contribution in [0.15, 0.2) is 80.5 Å². The summed E-state index contributed by atoms with van der Waals surface area (Å²) in [5.41, 5.74) is 8.71. The van der Waals surface area contributed by atoms with Crippen molar-refractivity contribution in [2.45, 2.75) is 55.4 Å². The molecule has 0 unspecified atom stereocenters. The molecule has 0 spiro atoms. The molecule has 0 bridgehead atoms. The van der Waals surface area contributed by atoms with Crippen molar-refractivity contribution in [3.05, 3.63) is 80.5 Å². The van der Waals surface area contributed by atoms with Gasteiger partial charge in [0, 0.05) is 15.3 Å². The van der Waals surface area contributed by atoms with Crippen LogP contribution < -0.4 is 0 Å². The van der Waals surface area contributed by atoms with Crippen LogP contribution in [0, 0.1) is 21.7 Å². The summed E-state index contributed by atoms with van der Waals surface area (Å²) in [4.78, 5) is 0. The smallest absolute Gasteiger partial charge is 0.0320 e. The molecular weight excluding hydrogens is 392 g/mol. The Hall–Kier alpha value is -1.34. The predicted molar refractivity (Wildman–Crippen MR) is 121 cm³/mol. The molecule has 27 heavy (non-hydrogen) atoms. The number of allylic oxidation sites excluding steroid dienone is 14. The van der Waals surface area contributed by atoms with Crippen LogP contribution in [0.4, 0.5) is 0 Å². The van der Waals surface area contributed by atoms with Gasteiger partial charge < -0.3 is 0 Å². The minimum atomic E-state index is -0.0504. The van der Waals surface area contributed by atoms with Gasteiger partial charge in [-0.15, -0.1) is 0 Å². The lowest BCUT2D eigenvalue weighted by atomic mass is 9.45. The molecule has 0 amide bonds. The molecular formula is C26H31Br. The maximum absolute atomic E-state index is 3.95. The van der Waals surface area contributed by atoms with E-state index >= 15 is 0 Å². The fourth-order valence-corrected chi connectivity index (χ4v) is 5.72. The Kier molecular flexibility index (Phi) is 3.78. The van der Waals surface area contributed by atoms with Crippen molar-refractivity contribution >= 4 is 15.9 Å². The number of halogens is 1. The van der Waals surface area contributed by atoms with Crippen LogP contribution >= 0.6 is 15.9 Å². The van der Waals surface area contributed by atoms with Crippen molar-refractivity contribution in [3.8, 4) is 0 Å². The van der Waals surface area contributed by atoms with E-state index in [9.17, 15) is 0 Å². The number of rotatable bonds is 0. The molecule has 0 heterocycles. The van der Waals surface area contributed by atoms with E-state index < -0.39 is 0 Å². The topological polar surface area (TPSA) is 0 Å². The molecule has 0 N–H and O–H groups in total. The van der Waals surface area contributed by atoms with Crippen molar-refractivity contribution in [1.82, 2.24) is 0 Å². The van der Waals surface area contributed by atoms with Crippen LogP contribution in [-0.4, -0.2) is 0 Å². The van der Waals surface area contributed by atoms with Crippen LogP contribution in [0.25, 0.3) is 0 Å². The van der Waals surface area contributed by atoms with Crippen molar-refractivity contribution in [3.63, 3.8) is 0 Å². The van der Waals surface area contributed by atoms with Crippen molar-refractivity contribution in [2.24, 2.45) is 21.7 Å². The molecule has 2 atom stereocenters. The zero-order valence-corrected chi connectivity index (χ0v) is 19.5. The lowest BCUT2D eigenvalue weighted by Crippen LogP contribution is -2.48. The molecule has 4 aliphatic rings. The minimum Gasteiger partial charge on any atom is -0.0578 e. The Morgan fingerprint density at radius 1 is 0.630 bits per heavy atom. The zero-order chi connectivity index (χ0) is 20.0. The Labute approximate surface area is 173 Å². The largest absolute Gasteiger partial charge is 0.0578 e. The maximum atomic E-state index is 3.95. The highest BCUT2D eigenvalue weighted by molar-refractivity contribution is 9.11. The standard InChI is InChI=1S/C26H31Br/c1-23(2,3)18-11-16-9-10-17-12-19(24(4,5)6)14-21-22(27)15-20(13-18)25(16,7)26(17,21)8/h9-15H,1-8H3/t25-,26-/m0/s1. The van der Waals surface area contributed by atoms with E-state index in [2.05, 4.69) is 114 Å². The third-order valence-corrected chi connectivity index (χ3v) is 7.87. The first-order valence-corrected chi connectivity index (χ1v) is 10.8. The van der Waals surface area contributed by atoms with Crippen molar-refractivity contribution in [2.75, 3.05) is 0 Å². The Bertz CT molecular complexity index is 957. The Morgan fingerprint density at radius 2 is 1.11 bits per heavy atom. The summed E-state index contributed by atoms with van der Waals surface area (Å²) in [5, 5.41) is 0. The molecule has 1 heteroatoms. The molecule has 0 saturated heterocycles. The summed E-state index contributed by atoms with van der Waals surface area (Å²) < 4.78 is 1.23. The molecule has 0 aromatic carbocycles. The van der Waals surface area contributed by atoms with Crippen LogP contribution in [0.3, 0.4) is 0 Å². The van der Waals surface area contributed by atoms with E-state index in [4.69, 9.17) is 0 Å². The molecule has 0 aromatic heterocycles. The fourth-order valence-electron chi connectivity index (χ4n) is 4.96. The molecule has 0 fully saturated rings. The van der Waals surface area contributed by atoms with Gasteiger partial charge in [0.1, 0.15) is 0 Å². The highest BCUT2D eigenvalue weighted by Crippen LogP contribution is 2.67. The normalized spacial score (nSPS) is 32.3. The summed E-state index contributed by atoms with van der Waals surface area (Å²) in [6, 6.07) is 0. The fraction of sp³-hybridized carbons (Fsp3) is 0.462. The van der Waals surface area contributed by atoms with E-state index in [-0.39, 0.29) is 21.7 Å². The van der Waals surface area contributed by atoms with Gasteiger partial charge in [-0.25, -0.2) is 0 Å². The third-order valence-electron chi connectivity index (χ3n) is 7.22. The van der Waals surface area contributed by atoms with Gasteiger partial charge in [0.15, 0.2) is 0 Å². The van der Waals surface area contributed by atoms with Gasteiger partial charge in [-0.3, -0.25) is 0 Å². The SMILES string of the molecule is CC(C)(C)C1=CC2=CC(Br)=C3C=C(C(C)(C)C)C=C4C=CC(=C1)[C@]2(C)[C@@]43C. The van der Waals surface area contributed by atoms with Crippen LogP contribution in [0.1, 0.15) is 55.4 Å². The first kappa shape index (κ1) is 19.0. The zero-order valence-electron chi connectivity index (χ0n) is 17.9. The highest BCUT2D eigenvalue weighted by atomic mass is 79.9. The first-order valence-electron chi connectivity index (χ1n) is 9.99. The quantitative estimate of drug-likeness (QED) is 0.370. The second-order valence-electron chi connectivity index (χ2n) is 10.8. The van der Waals surface area contributed by atoms with E-state index in [1.54, 1.807) is 0 Å². The summed E-state index contributed by atoms with van der Waals surface area (Å²) in [5.74, 6) is 0. The molecule has 4 rings (SSSR count). The molecule has 0 aliphatic heterocycles. The van der Waals surface area contributed by atoms with Gasteiger partial charge in [-0.1, -0.05) is 108 Å². The Morgan fingerprint density at radius 3 is 1.63 bits per heavy atom. The lowest BCUT2D eigenvalue weighted by Gasteiger charge is -2.57. The van der Waals surface area contributed by atoms with Gasteiger partial charge in [-0.05, 0) is 50.3 Å². The average Bonchev–Trinajstić information content (AvgIpc) is 2.52. The van der Waals surface area contributed by atoms with Crippen LogP contribution in [-0.2, 0) is 0 Å². The monoisotopic (exact) mass is 422 g/mol. The van der Waals surface area contributed by atoms with E-state index in [0.29, 0.717) is 0 Å².